The summed E-state index contributed by atoms with van der Waals surface area (Å²) in [5.41, 5.74) is 0.705. The van der Waals surface area contributed by atoms with Crippen LogP contribution in [0.4, 0.5) is 13.2 Å². The fourth-order valence-electron chi connectivity index (χ4n) is 1.74. The van der Waals surface area contributed by atoms with Crippen molar-refractivity contribution in [2.75, 3.05) is 0 Å². The average Bonchev–Trinajstić information content (AvgIpc) is 2.70. The van der Waals surface area contributed by atoms with Gasteiger partial charge in [0, 0.05) is 19.4 Å². The van der Waals surface area contributed by atoms with Gasteiger partial charge in [0.25, 0.3) is 0 Å². The zero-order chi connectivity index (χ0) is 14.8. The monoisotopic (exact) mass is 286 g/mol. The second-order valence-electron chi connectivity index (χ2n) is 4.64. The van der Waals surface area contributed by atoms with Crippen LogP contribution in [0, 0.1) is 5.82 Å². The van der Waals surface area contributed by atoms with Gasteiger partial charge in [-0.2, -0.15) is 0 Å². The smallest absolute Gasteiger partial charge is 0.296 e. The zero-order valence-corrected chi connectivity index (χ0v) is 10.8. The van der Waals surface area contributed by atoms with Crippen molar-refractivity contribution in [1.82, 2.24) is 9.72 Å². The van der Waals surface area contributed by atoms with Gasteiger partial charge in [-0.05, 0) is 24.6 Å². The van der Waals surface area contributed by atoms with Gasteiger partial charge in [0.05, 0.1) is 0 Å². The average molecular weight is 286 g/mol. The van der Waals surface area contributed by atoms with Crippen LogP contribution in [0.2, 0.25) is 0 Å². The molecular weight excluding hydrogens is 273 g/mol. The maximum absolute atomic E-state index is 12.8. The molecule has 0 aliphatic rings. The molecule has 0 saturated carbocycles. The molecule has 0 saturated heterocycles. The van der Waals surface area contributed by atoms with E-state index in [4.69, 9.17) is 0 Å². The molecule has 1 heterocycles. The molecule has 108 valence electrons. The molecule has 2 aromatic rings. The number of hydrogen-bond acceptors (Lipinski definition) is 3. The van der Waals surface area contributed by atoms with E-state index in [9.17, 15) is 18.0 Å². The summed E-state index contributed by atoms with van der Waals surface area (Å²) >= 11 is 0. The third kappa shape index (κ3) is 3.72. The van der Waals surface area contributed by atoms with E-state index < -0.39 is 18.1 Å². The molecule has 4 nitrogen and oxygen atoms in total. The first-order valence-electron chi connectivity index (χ1n) is 6.03. The summed E-state index contributed by atoms with van der Waals surface area (Å²) < 4.78 is 44.0. The highest BCUT2D eigenvalue weighted by atomic mass is 19.3. The lowest BCUT2D eigenvalue weighted by molar-refractivity contribution is 0.00813. The lowest BCUT2D eigenvalue weighted by Gasteiger charge is -2.10. The number of aromatic nitrogens is 2. The van der Waals surface area contributed by atoms with Crippen molar-refractivity contribution in [2.24, 2.45) is 0 Å². The van der Waals surface area contributed by atoms with Crippen LogP contribution >= 0.6 is 0 Å². The van der Waals surface area contributed by atoms with E-state index in [1.54, 1.807) is 0 Å². The van der Waals surface area contributed by atoms with Crippen LogP contribution in [-0.2, 0) is 13.0 Å². The Morgan fingerprint density at radius 1 is 1.30 bits per heavy atom. The predicted molar refractivity (Wildman–Crippen MR) is 65.2 cm³/mol. The molecule has 0 aliphatic carbocycles. The van der Waals surface area contributed by atoms with E-state index in [0.29, 0.717) is 5.56 Å². The maximum Gasteiger partial charge on any atom is 0.441 e. The van der Waals surface area contributed by atoms with Crippen molar-refractivity contribution in [2.45, 2.75) is 32.2 Å². The van der Waals surface area contributed by atoms with E-state index in [0.717, 1.165) is 11.5 Å². The summed E-state index contributed by atoms with van der Waals surface area (Å²) in [6.45, 7) is 0.605. The summed E-state index contributed by atoms with van der Waals surface area (Å²) in [4.78, 5) is 11.4. The van der Waals surface area contributed by atoms with Gasteiger partial charge in [0.1, 0.15) is 5.82 Å². The normalized spacial score (nSPS) is 11.8. The third-order valence-electron chi connectivity index (χ3n) is 2.81. The van der Waals surface area contributed by atoms with Crippen LogP contribution < -0.4 is 5.76 Å². The van der Waals surface area contributed by atoms with Crippen LogP contribution in [0.15, 0.2) is 33.6 Å². The van der Waals surface area contributed by atoms with Crippen LogP contribution in [0.5, 0.6) is 0 Å². The Bertz CT molecular complexity index is 626. The van der Waals surface area contributed by atoms with Crippen LogP contribution in [-0.4, -0.2) is 15.6 Å². The van der Waals surface area contributed by atoms with Gasteiger partial charge < -0.3 is 0 Å². The van der Waals surface area contributed by atoms with Crippen molar-refractivity contribution in [1.29, 1.82) is 0 Å². The summed E-state index contributed by atoms with van der Waals surface area (Å²) in [6, 6.07) is 5.62. The Balaban J connectivity index is 2.16. The number of benzene rings is 1. The summed E-state index contributed by atoms with van der Waals surface area (Å²) in [6.07, 6.45) is -0.272. The zero-order valence-electron chi connectivity index (χ0n) is 10.8. The Hall–Kier alpha value is -2.05. The van der Waals surface area contributed by atoms with Gasteiger partial charge in [-0.15, -0.1) is 0 Å². The highest BCUT2D eigenvalue weighted by Crippen LogP contribution is 2.18. The number of alkyl halides is 2. The van der Waals surface area contributed by atoms with Gasteiger partial charge >= 0.3 is 5.76 Å². The predicted octanol–water partition coefficient (Wildman–Crippen LogP) is 2.61. The third-order valence-corrected chi connectivity index (χ3v) is 2.81. The Kier molecular flexibility index (Phi) is 3.96. The SMILES string of the molecule is CC(F)(F)CCn1c(Cc2ccc(F)cc2)noc1=O. The fraction of sp³-hybridized carbons (Fsp3) is 0.385. The molecule has 0 atom stereocenters. The van der Waals surface area contributed by atoms with E-state index in [2.05, 4.69) is 9.68 Å². The van der Waals surface area contributed by atoms with Crippen molar-refractivity contribution < 1.29 is 17.7 Å². The van der Waals surface area contributed by atoms with E-state index in [1.165, 1.54) is 24.3 Å². The number of halogens is 3. The van der Waals surface area contributed by atoms with Gasteiger partial charge in [0.15, 0.2) is 5.82 Å². The quantitative estimate of drug-likeness (QED) is 0.849. The van der Waals surface area contributed by atoms with Gasteiger partial charge in [-0.1, -0.05) is 17.3 Å². The number of rotatable bonds is 5. The molecule has 1 aromatic carbocycles. The first-order valence-corrected chi connectivity index (χ1v) is 6.03. The maximum atomic E-state index is 12.8. The molecule has 7 heteroatoms. The van der Waals surface area contributed by atoms with Crippen LogP contribution in [0.1, 0.15) is 24.7 Å². The second kappa shape index (κ2) is 5.52. The molecule has 0 spiro atoms. The minimum absolute atomic E-state index is 0.178. The fourth-order valence-corrected chi connectivity index (χ4v) is 1.74. The number of hydrogen-bond donors (Lipinski definition) is 0. The summed E-state index contributed by atoms with van der Waals surface area (Å²) in [7, 11) is 0. The van der Waals surface area contributed by atoms with Crippen LogP contribution in [0.3, 0.4) is 0 Å². The van der Waals surface area contributed by atoms with Crippen molar-refractivity contribution in [3.63, 3.8) is 0 Å². The van der Waals surface area contributed by atoms with Gasteiger partial charge in [0.2, 0.25) is 5.92 Å². The molecule has 0 aliphatic heterocycles. The molecule has 0 radical (unpaired) electrons. The first-order chi connectivity index (χ1) is 9.35. The highest BCUT2D eigenvalue weighted by Gasteiger charge is 2.22. The second-order valence-corrected chi connectivity index (χ2v) is 4.64. The standard InChI is InChI=1S/C13H13F3N2O2/c1-13(15,16)6-7-18-11(17-20-12(18)19)8-9-2-4-10(14)5-3-9/h2-5H,6-8H2,1H3. The summed E-state index contributed by atoms with van der Waals surface area (Å²) in [5, 5.41) is 3.57. The highest BCUT2D eigenvalue weighted by molar-refractivity contribution is 5.19. The summed E-state index contributed by atoms with van der Waals surface area (Å²) in [5.74, 6) is -3.78. The lowest BCUT2D eigenvalue weighted by Crippen LogP contribution is -2.22. The first kappa shape index (κ1) is 14.4. The largest absolute Gasteiger partial charge is 0.441 e. The Morgan fingerprint density at radius 3 is 2.55 bits per heavy atom. The molecule has 0 bridgehead atoms. The molecule has 20 heavy (non-hydrogen) atoms. The molecule has 0 unspecified atom stereocenters. The topological polar surface area (TPSA) is 48.0 Å². The van der Waals surface area contributed by atoms with Crippen molar-refractivity contribution in [3.8, 4) is 0 Å². The molecule has 0 N–H and O–H groups in total. The molecule has 2 rings (SSSR count). The van der Waals surface area contributed by atoms with Crippen molar-refractivity contribution in [3.05, 3.63) is 52.0 Å². The lowest BCUT2D eigenvalue weighted by atomic mass is 10.1. The van der Waals surface area contributed by atoms with E-state index in [-0.39, 0.29) is 24.6 Å². The molecule has 1 aromatic heterocycles. The Morgan fingerprint density at radius 2 is 1.95 bits per heavy atom. The van der Waals surface area contributed by atoms with E-state index >= 15 is 0 Å². The minimum Gasteiger partial charge on any atom is -0.296 e. The van der Waals surface area contributed by atoms with Crippen molar-refractivity contribution >= 4 is 0 Å². The van der Waals surface area contributed by atoms with Crippen LogP contribution in [0.25, 0.3) is 0 Å². The number of nitrogens with zero attached hydrogens (tertiary/aromatic N) is 2. The Labute approximate surface area is 112 Å². The molecule has 0 fully saturated rings. The molecule has 0 amide bonds. The molecular formula is C13H13F3N2O2. The van der Waals surface area contributed by atoms with E-state index in [1.807, 2.05) is 0 Å². The minimum atomic E-state index is -2.87. The van der Waals surface area contributed by atoms with Gasteiger partial charge in [-0.3, -0.25) is 9.09 Å². The van der Waals surface area contributed by atoms with Gasteiger partial charge in [-0.25, -0.2) is 18.0 Å².